The number of carbonyl (C=O) groups is 1. The van der Waals surface area contributed by atoms with Crippen LogP contribution in [0.5, 0.6) is 5.75 Å². The SMILES string of the molecule is CCCCCCCCOCC(O)COc1ccc(C=C(C#N)C(=O)OCC)cc1. The quantitative estimate of drug-likeness (QED) is 0.204. The van der Waals surface area contributed by atoms with Gasteiger partial charge in [-0.25, -0.2) is 4.79 Å². The number of nitrogens with zero attached hydrogens (tertiary/aromatic N) is 1. The molecular formula is C23H33NO5. The zero-order chi connectivity index (χ0) is 21.3. The van der Waals surface area contributed by atoms with Crippen LogP contribution >= 0.6 is 0 Å². The van der Waals surface area contributed by atoms with Crippen LogP contribution in [0.4, 0.5) is 0 Å². The van der Waals surface area contributed by atoms with Crippen molar-refractivity contribution in [3.05, 3.63) is 35.4 Å². The smallest absolute Gasteiger partial charge is 0.348 e. The minimum absolute atomic E-state index is 0.0570. The molecule has 0 bridgehead atoms. The summed E-state index contributed by atoms with van der Waals surface area (Å²) >= 11 is 0. The molecule has 6 heteroatoms. The highest BCUT2D eigenvalue weighted by Gasteiger charge is 2.10. The fourth-order valence-electron chi connectivity index (χ4n) is 2.62. The van der Waals surface area contributed by atoms with Crippen LogP contribution < -0.4 is 4.74 Å². The van der Waals surface area contributed by atoms with Crippen molar-refractivity contribution in [2.45, 2.75) is 58.5 Å². The summed E-state index contributed by atoms with van der Waals surface area (Å²) in [6, 6.07) is 8.73. The van der Waals surface area contributed by atoms with Gasteiger partial charge in [0.2, 0.25) is 0 Å². The number of nitriles is 1. The summed E-state index contributed by atoms with van der Waals surface area (Å²) in [5.74, 6) is -0.0498. The van der Waals surface area contributed by atoms with Crippen LogP contribution in [0.3, 0.4) is 0 Å². The lowest BCUT2D eigenvalue weighted by atomic mass is 10.1. The first-order valence-corrected chi connectivity index (χ1v) is 10.4. The molecule has 1 N–H and O–H groups in total. The molecule has 1 aromatic rings. The van der Waals surface area contributed by atoms with E-state index in [9.17, 15) is 9.90 Å². The molecule has 0 spiro atoms. The molecule has 6 nitrogen and oxygen atoms in total. The van der Waals surface area contributed by atoms with E-state index in [0.29, 0.717) is 17.9 Å². The van der Waals surface area contributed by atoms with Crippen LogP contribution in [0.2, 0.25) is 0 Å². The van der Waals surface area contributed by atoms with Crippen LogP contribution in [-0.2, 0) is 14.3 Å². The molecule has 0 saturated carbocycles. The standard InChI is InChI=1S/C23H33NO5/c1-3-5-6-7-8-9-14-27-17-21(25)18-29-22-12-10-19(11-13-22)15-20(16-24)23(26)28-4-2/h10-13,15,21,25H,3-9,14,17-18H2,1-2H3. The topological polar surface area (TPSA) is 88.8 Å². The Balaban J connectivity index is 2.29. The van der Waals surface area contributed by atoms with Gasteiger partial charge in [0, 0.05) is 6.61 Å². The number of carbonyl (C=O) groups excluding carboxylic acids is 1. The maximum atomic E-state index is 11.6. The number of aliphatic hydroxyl groups excluding tert-OH is 1. The lowest BCUT2D eigenvalue weighted by Crippen LogP contribution is -2.23. The molecule has 29 heavy (non-hydrogen) atoms. The van der Waals surface area contributed by atoms with Gasteiger partial charge < -0.3 is 19.3 Å². The monoisotopic (exact) mass is 403 g/mol. The van der Waals surface area contributed by atoms with E-state index in [-0.39, 0.29) is 25.4 Å². The molecule has 1 atom stereocenters. The molecule has 0 radical (unpaired) electrons. The molecule has 0 saturated heterocycles. The first-order chi connectivity index (χ1) is 14.1. The van der Waals surface area contributed by atoms with E-state index in [4.69, 9.17) is 19.5 Å². The number of ether oxygens (including phenoxy) is 3. The molecule has 0 aliphatic heterocycles. The number of hydrogen-bond donors (Lipinski definition) is 1. The van der Waals surface area contributed by atoms with E-state index in [1.165, 1.54) is 31.8 Å². The van der Waals surface area contributed by atoms with Crippen LogP contribution in [0.1, 0.15) is 57.9 Å². The molecule has 160 valence electrons. The molecule has 1 rings (SSSR count). The second kappa shape index (κ2) is 15.5. The first kappa shape index (κ1) is 24.7. The normalized spacial score (nSPS) is 12.3. The Labute approximate surface area is 174 Å². The Bertz CT molecular complexity index is 648. The predicted octanol–water partition coefficient (Wildman–Crippen LogP) is 4.27. The summed E-state index contributed by atoms with van der Waals surface area (Å²) in [5.41, 5.74) is 0.628. The van der Waals surface area contributed by atoms with Crippen LogP contribution in [0.25, 0.3) is 6.08 Å². The fraction of sp³-hybridized carbons (Fsp3) is 0.565. The van der Waals surface area contributed by atoms with Gasteiger partial charge in [-0.15, -0.1) is 0 Å². The fourth-order valence-corrected chi connectivity index (χ4v) is 2.62. The Morgan fingerprint density at radius 3 is 2.45 bits per heavy atom. The predicted molar refractivity (Wildman–Crippen MR) is 112 cm³/mol. The van der Waals surface area contributed by atoms with Crippen molar-refractivity contribution >= 4 is 12.0 Å². The van der Waals surface area contributed by atoms with Gasteiger partial charge in [-0.2, -0.15) is 5.26 Å². The summed E-state index contributed by atoms with van der Waals surface area (Å²) in [7, 11) is 0. The van der Waals surface area contributed by atoms with Gasteiger partial charge in [0.1, 0.15) is 30.1 Å². The lowest BCUT2D eigenvalue weighted by Gasteiger charge is -2.13. The summed E-state index contributed by atoms with van der Waals surface area (Å²) in [4.78, 5) is 11.6. The highest BCUT2D eigenvalue weighted by Crippen LogP contribution is 2.15. The Kier molecular flexibility index (Phi) is 13.2. The highest BCUT2D eigenvalue weighted by molar-refractivity contribution is 5.97. The summed E-state index contributed by atoms with van der Waals surface area (Å²) in [6.07, 6.45) is 8.01. The number of aliphatic hydroxyl groups is 1. The lowest BCUT2D eigenvalue weighted by molar-refractivity contribution is -0.137. The van der Waals surface area contributed by atoms with E-state index in [1.807, 2.05) is 6.07 Å². The third kappa shape index (κ3) is 11.3. The van der Waals surface area contributed by atoms with E-state index < -0.39 is 12.1 Å². The summed E-state index contributed by atoms with van der Waals surface area (Å²) in [6.45, 7) is 5.15. The minimum atomic E-state index is -0.691. The molecule has 0 aliphatic rings. The van der Waals surface area contributed by atoms with Gasteiger partial charge in [0.25, 0.3) is 0 Å². The summed E-state index contributed by atoms with van der Waals surface area (Å²) in [5, 5.41) is 19.0. The second-order valence-corrected chi connectivity index (χ2v) is 6.77. The number of unbranched alkanes of at least 4 members (excludes halogenated alkanes) is 5. The van der Waals surface area contributed by atoms with E-state index in [0.717, 1.165) is 12.8 Å². The average molecular weight is 404 g/mol. The van der Waals surface area contributed by atoms with Crippen molar-refractivity contribution in [1.82, 2.24) is 0 Å². The zero-order valence-electron chi connectivity index (χ0n) is 17.6. The van der Waals surface area contributed by atoms with E-state index >= 15 is 0 Å². The Morgan fingerprint density at radius 2 is 1.79 bits per heavy atom. The molecule has 1 unspecified atom stereocenters. The van der Waals surface area contributed by atoms with Crippen molar-refractivity contribution < 1.29 is 24.1 Å². The van der Waals surface area contributed by atoms with Crippen molar-refractivity contribution in [3.63, 3.8) is 0 Å². The van der Waals surface area contributed by atoms with Crippen molar-refractivity contribution in [3.8, 4) is 11.8 Å². The van der Waals surface area contributed by atoms with Crippen LogP contribution in [-0.4, -0.2) is 43.6 Å². The number of rotatable bonds is 15. The molecule has 0 amide bonds. The van der Waals surface area contributed by atoms with E-state index in [2.05, 4.69) is 6.92 Å². The van der Waals surface area contributed by atoms with Crippen molar-refractivity contribution in [1.29, 1.82) is 5.26 Å². The number of benzene rings is 1. The van der Waals surface area contributed by atoms with Crippen molar-refractivity contribution in [2.24, 2.45) is 0 Å². The highest BCUT2D eigenvalue weighted by atomic mass is 16.5. The molecule has 1 aromatic carbocycles. The molecule has 0 fully saturated rings. The molecule has 0 aromatic heterocycles. The maximum absolute atomic E-state index is 11.6. The van der Waals surface area contributed by atoms with Crippen LogP contribution in [0.15, 0.2) is 29.8 Å². The largest absolute Gasteiger partial charge is 0.491 e. The Hall–Kier alpha value is -2.36. The van der Waals surface area contributed by atoms with Gasteiger partial charge in [-0.3, -0.25) is 0 Å². The maximum Gasteiger partial charge on any atom is 0.348 e. The second-order valence-electron chi connectivity index (χ2n) is 6.77. The van der Waals surface area contributed by atoms with Gasteiger partial charge in [0.05, 0.1) is 13.2 Å². The number of esters is 1. The molecular weight excluding hydrogens is 370 g/mol. The van der Waals surface area contributed by atoms with Gasteiger partial charge in [0.15, 0.2) is 0 Å². The van der Waals surface area contributed by atoms with Gasteiger partial charge in [-0.1, -0.05) is 51.2 Å². The third-order valence-corrected chi connectivity index (χ3v) is 4.20. The van der Waals surface area contributed by atoms with E-state index in [1.54, 1.807) is 31.2 Å². The van der Waals surface area contributed by atoms with Gasteiger partial charge in [-0.05, 0) is 37.1 Å². The van der Waals surface area contributed by atoms with Gasteiger partial charge >= 0.3 is 5.97 Å². The molecule has 0 aliphatic carbocycles. The first-order valence-electron chi connectivity index (χ1n) is 10.4. The third-order valence-electron chi connectivity index (χ3n) is 4.20. The average Bonchev–Trinajstić information content (AvgIpc) is 2.73. The minimum Gasteiger partial charge on any atom is -0.491 e. The molecule has 0 heterocycles. The summed E-state index contributed by atoms with van der Waals surface area (Å²) < 4.78 is 15.9. The Morgan fingerprint density at radius 1 is 1.10 bits per heavy atom. The van der Waals surface area contributed by atoms with Crippen molar-refractivity contribution in [2.75, 3.05) is 26.4 Å². The number of hydrogen-bond acceptors (Lipinski definition) is 6. The van der Waals surface area contributed by atoms with Crippen LogP contribution in [0, 0.1) is 11.3 Å². The zero-order valence-corrected chi connectivity index (χ0v) is 17.6.